The van der Waals surface area contributed by atoms with E-state index in [2.05, 4.69) is 15.7 Å². The first-order valence-electron chi connectivity index (χ1n) is 6.78. The van der Waals surface area contributed by atoms with Gasteiger partial charge in [0, 0.05) is 30.4 Å². The lowest BCUT2D eigenvalue weighted by molar-refractivity contribution is -0.123. The number of halogens is 2. The van der Waals surface area contributed by atoms with Crippen molar-refractivity contribution in [1.82, 2.24) is 20.4 Å². The zero-order chi connectivity index (χ0) is 15.2. The summed E-state index contributed by atoms with van der Waals surface area (Å²) in [6.07, 6.45) is 4.27. The monoisotopic (exact) mass is 342 g/mol. The van der Waals surface area contributed by atoms with Crippen molar-refractivity contribution in [2.45, 2.75) is 12.5 Å². The zero-order valence-electron chi connectivity index (χ0n) is 12.5. The van der Waals surface area contributed by atoms with E-state index < -0.39 is 6.04 Å². The standard InChI is InChI=1S/C15H19ClN4O.ClH/c1-17-14(12-9-19-20(2)10-12)15(21)18-7-6-11-4-3-5-13(16)8-11;/h3-5,8-10,14,17H,6-7H2,1-2H3,(H,18,21);1H. The van der Waals surface area contributed by atoms with Crippen molar-refractivity contribution in [2.24, 2.45) is 7.05 Å². The van der Waals surface area contributed by atoms with E-state index in [1.807, 2.05) is 37.5 Å². The highest BCUT2D eigenvalue weighted by Gasteiger charge is 2.19. The SMILES string of the molecule is CNC(C(=O)NCCc1cccc(Cl)c1)c1cnn(C)c1.Cl. The van der Waals surface area contributed by atoms with Crippen LogP contribution in [0.25, 0.3) is 0 Å². The van der Waals surface area contributed by atoms with E-state index in [-0.39, 0.29) is 18.3 Å². The van der Waals surface area contributed by atoms with Crippen molar-refractivity contribution >= 4 is 29.9 Å². The molecule has 1 amide bonds. The molecule has 2 N–H and O–H groups in total. The molecule has 0 saturated carbocycles. The van der Waals surface area contributed by atoms with Crippen LogP contribution in [0.15, 0.2) is 36.7 Å². The summed E-state index contributed by atoms with van der Waals surface area (Å²) in [5.41, 5.74) is 1.95. The van der Waals surface area contributed by atoms with E-state index in [0.29, 0.717) is 11.6 Å². The lowest BCUT2D eigenvalue weighted by atomic mass is 10.1. The lowest BCUT2D eigenvalue weighted by Gasteiger charge is -2.14. The predicted octanol–water partition coefficient (Wildman–Crippen LogP) is 2.11. The highest BCUT2D eigenvalue weighted by atomic mass is 35.5. The molecule has 0 aliphatic heterocycles. The van der Waals surface area contributed by atoms with Crippen LogP contribution in [0.4, 0.5) is 0 Å². The Balaban J connectivity index is 0.00000242. The molecule has 1 atom stereocenters. The number of carbonyl (C=O) groups is 1. The van der Waals surface area contributed by atoms with Crippen molar-refractivity contribution in [3.8, 4) is 0 Å². The van der Waals surface area contributed by atoms with Crippen LogP contribution >= 0.6 is 24.0 Å². The van der Waals surface area contributed by atoms with Gasteiger partial charge in [-0.3, -0.25) is 9.48 Å². The van der Waals surface area contributed by atoms with Crippen LogP contribution in [0.2, 0.25) is 5.02 Å². The molecule has 0 aliphatic rings. The smallest absolute Gasteiger partial charge is 0.241 e. The summed E-state index contributed by atoms with van der Waals surface area (Å²) in [6, 6.07) is 7.26. The first kappa shape index (κ1) is 18.5. The number of hydrogen-bond acceptors (Lipinski definition) is 3. The van der Waals surface area contributed by atoms with Gasteiger partial charge in [-0.25, -0.2) is 0 Å². The third kappa shape index (κ3) is 5.02. The maximum atomic E-state index is 12.2. The van der Waals surface area contributed by atoms with Crippen molar-refractivity contribution < 1.29 is 4.79 Å². The Hall–Kier alpha value is -1.56. The largest absolute Gasteiger partial charge is 0.354 e. The number of hydrogen-bond donors (Lipinski definition) is 2. The highest BCUT2D eigenvalue weighted by molar-refractivity contribution is 6.30. The molecule has 0 fully saturated rings. The lowest BCUT2D eigenvalue weighted by Crippen LogP contribution is -2.36. The van der Waals surface area contributed by atoms with Crippen molar-refractivity contribution in [3.05, 3.63) is 52.8 Å². The Morgan fingerprint density at radius 1 is 1.45 bits per heavy atom. The van der Waals surface area contributed by atoms with Gasteiger partial charge in [0.2, 0.25) is 5.91 Å². The normalized spacial score (nSPS) is 11.6. The van der Waals surface area contributed by atoms with Gasteiger partial charge < -0.3 is 10.6 Å². The van der Waals surface area contributed by atoms with Gasteiger partial charge in [0.05, 0.1) is 6.20 Å². The minimum Gasteiger partial charge on any atom is -0.354 e. The van der Waals surface area contributed by atoms with Crippen molar-refractivity contribution in [2.75, 3.05) is 13.6 Å². The Kier molecular flexibility index (Phi) is 7.38. The molecule has 0 bridgehead atoms. The molecule has 120 valence electrons. The molecule has 5 nitrogen and oxygen atoms in total. The molecule has 0 aliphatic carbocycles. The van der Waals surface area contributed by atoms with Crippen LogP contribution in [-0.4, -0.2) is 29.3 Å². The van der Waals surface area contributed by atoms with E-state index in [1.165, 1.54) is 0 Å². The first-order valence-corrected chi connectivity index (χ1v) is 7.16. The number of rotatable bonds is 6. The molecular formula is C15H20Cl2N4O. The fourth-order valence-electron chi connectivity index (χ4n) is 2.16. The molecule has 0 saturated heterocycles. The van der Waals surface area contributed by atoms with Gasteiger partial charge in [0.25, 0.3) is 0 Å². The third-order valence-electron chi connectivity index (χ3n) is 3.21. The van der Waals surface area contributed by atoms with Gasteiger partial charge in [-0.05, 0) is 31.2 Å². The number of nitrogens with one attached hydrogen (secondary N) is 2. The van der Waals surface area contributed by atoms with E-state index >= 15 is 0 Å². The fraction of sp³-hybridized carbons (Fsp3) is 0.333. The molecular weight excluding hydrogens is 323 g/mol. The van der Waals surface area contributed by atoms with Gasteiger partial charge in [-0.1, -0.05) is 23.7 Å². The predicted molar refractivity (Wildman–Crippen MR) is 90.4 cm³/mol. The fourth-order valence-corrected chi connectivity index (χ4v) is 2.38. The summed E-state index contributed by atoms with van der Waals surface area (Å²) in [5.74, 6) is -0.0625. The number of nitrogens with zero attached hydrogens (tertiary/aromatic N) is 2. The molecule has 1 aromatic carbocycles. The van der Waals surface area contributed by atoms with E-state index in [0.717, 1.165) is 17.5 Å². The molecule has 22 heavy (non-hydrogen) atoms. The first-order chi connectivity index (χ1) is 10.1. The number of carbonyl (C=O) groups excluding carboxylic acids is 1. The second-order valence-corrected chi connectivity index (χ2v) is 5.28. The average Bonchev–Trinajstić information content (AvgIpc) is 2.86. The van der Waals surface area contributed by atoms with Gasteiger partial charge in [0.1, 0.15) is 6.04 Å². The number of aromatic nitrogens is 2. The maximum absolute atomic E-state index is 12.2. The minimum absolute atomic E-state index is 0. The molecule has 1 unspecified atom stereocenters. The van der Waals surface area contributed by atoms with Crippen LogP contribution in [-0.2, 0) is 18.3 Å². The van der Waals surface area contributed by atoms with Crippen LogP contribution in [0.3, 0.4) is 0 Å². The maximum Gasteiger partial charge on any atom is 0.241 e. The zero-order valence-corrected chi connectivity index (χ0v) is 14.1. The van der Waals surface area contributed by atoms with E-state index in [4.69, 9.17) is 11.6 Å². The molecule has 2 aromatic rings. The van der Waals surface area contributed by atoms with Gasteiger partial charge in [-0.2, -0.15) is 5.10 Å². The molecule has 1 aromatic heterocycles. The Bertz CT molecular complexity index is 615. The number of aryl methyl sites for hydroxylation is 1. The highest BCUT2D eigenvalue weighted by Crippen LogP contribution is 2.12. The summed E-state index contributed by atoms with van der Waals surface area (Å²) in [7, 11) is 3.58. The minimum atomic E-state index is -0.391. The molecule has 2 rings (SSSR count). The van der Waals surface area contributed by atoms with Crippen LogP contribution in [0.1, 0.15) is 17.2 Å². The second-order valence-electron chi connectivity index (χ2n) is 4.84. The topological polar surface area (TPSA) is 59.0 Å². The van der Waals surface area contributed by atoms with Crippen LogP contribution < -0.4 is 10.6 Å². The Morgan fingerprint density at radius 3 is 2.82 bits per heavy atom. The van der Waals surface area contributed by atoms with Gasteiger partial charge >= 0.3 is 0 Å². The molecule has 7 heteroatoms. The van der Waals surface area contributed by atoms with Crippen LogP contribution in [0, 0.1) is 0 Å². The second kappa shape index (κ2) is 8.78. The molecule has 1 heterocycles. The third-order valence-corrected chi connectivity index (χ3v) is 3.45. The number of benzene rings is 1. The summed E-state index contributed by atoms with van der Waals surface area (Å²) < 4.78 is 1.68. The molecule has 0 radical (unpaired) electrons. The average molecular weight is 343 g/mol. The van der Waals surface area contributed by atoms with E-state index in [1.54, 1.807) is 17.9 Å². The van der Waals surface area contributed by atoms with Gasteiger partial charge in [0.15, 0.2) is 0 Å². The Labute approximate surface area is 141 Å². The number of amides is 1. The summed E-state index contributed by atoms with van der Waals surface area (Å²) in [4.78, 5) is 12.2. The summed E-state index contributed by atoms with van der Waals surface area (Å²) in [6.45, 7) is 0.567. The van der Waals surface area contributed by atoms with Crippen LogP contribution in [0.5, 0.6) is 0 Å². The van der Waals surface area contributed by atoms with Gasteiger partial charge in [-0.15, -0.1) is 12.4 Å². The summed E-state index contributed by atoms with van der Waals surface area (Å²) in [5, 5.41) is 10.7. The quantitative estimate of drug-likeness (QED) is 0.845. The summed E-state index contributed by atoms with van der Waals surface area (Å²) >= 11 is 5.93. The van der Waals surface area contributed by atoms with Crippen molar-refractivity contribution in [3.63, 3.8) is 0 Å². The number of likely N-dealkylation sites (N-methyl/N-ethyl adjacent to an activating group) is 1. The van der Waals surface area contributed by atoms with Crippen molar-refractivity contribution in [1.29, 1.82) is 0 Å². The molecule has 0 spiro atoms. The Morgan fingerprint density at radius 2 is 2.23 bits per heavy atom. The van der Waals surface area contributed by atoms with E-state index in [9.17, 15) is 4.79 Å².